The van der Waals surface area contributed by atoms with Crippen molar-refractivity contribution in [3.8, 4) is 0 Å². The summed E-state index contributed by atoms with van der Waals surface area (Å²) in [5.41, 5.74) is 2.62. The Bertz CT molecular complexity index is 309. The molecule has 0 aromatic heterocycles. The number of ether oxygens (including phenoxy) is 1. The van der Waals surface area contributed by atoms with Crippen LogP contribution in [-0.2, 0) is 11.2 Å². The molecule has 2 atom stereocenters. The zero-order valence-corrected chi connectivity index (χ0v) is 10.4. The maximum absolute atomic E-state index is 9.42. The van der Waals surface area contributed by atoms with E-state index >= 15 is 0 Å². The third-order valence-corrected chi connectivity index (χ3v) is 3.21. The van der Waals surface area contributed by atoms with Gasteiger partial charge in [-0.25, -0.2) is 0 Å². The van der Waals surface area contributed by atoms with Gasteiger partial charge < -0.3 is 9.84 Å². The van der Waals surface area contributed by atoms with E-state index in [4.69, 9.17) is 4.74 Å². The number of aliphatic hydroxyl groups is 1. The van der Waals surface area contributed by atoms with E-state index in [0.717, 1.165) is 6.42 Å². The summed E-state index contributed by atoms with van der Waals surface area (Å²) >= 11 is 0. The predicted molar refractivity (Wildman–Crippen MR) is 66.5 cm³/mol. The maximum atomic E-state index is 9.42. The SMILES string of the molecule is COCC(C)C(CO)Cc1ccccc1C. The molecule has 2 nitrogen and oxygen atoms in total. The summed E-state index contributed by atoms with van der Waals surface area (Å²) in [6.07, 6.45) is 0.924. The van der Waals surface area contributed by atoms with Gasteiger partial charge in [0, 0.05) is 20.3 Å². The molecule has 1 rings (SSSR count). The molecule has 0 fully saturated rings. The van der Waals surface area contributed by atoms with Gasteiger partial charge in [-0.05, 0) is 36.3 Å². The molecule has 2 unspecified atom stereocenters. The van der Waals surface area contributed by atoms with Gasteiger partial charge in [0.1, 0.15) is 0 Å². The molecule has 0 heterocycles. The van der Waals surface area contributed by atoms with Gasteiger partial charge >= 0.3 is 0 Å². The fourth-order valence-electron chi connectivity index (χ4n) is 1.97. The normalized spacial score (nSPS) is 14.8. The quantitative estimate of drug-likeness (QED) is 0.801. The molecule has 1 N–H and O–H groups in total. The standard InChI is InChI=1S/C14H22O2/c1-11-6-4-5-7-13(11)8-14(9-15)12(2)10-16-3/h4-7,12,14-15H,8-10H2,1-3H3. The van der Waals surface area contributed by atoms with Crippen LogP contribution in [0.5, 0.6) is 0 Å². The molecular weight excluding hydrogens is 200 g/mol. The minimum absolute atomic E-state index is 0.221. The molecule has 0 spiro atoms. The lowest BCUT2D eigenvalue weighted by atomic mass is 9.88. The van der Waals surface area contributed by atoms with Gasteiger partial charge in [-0.3, -0.25) is 0 Å². The van der Waals surface area contributed by atoms with Crippen LogP contribution in [0.2, 0.25) is 0 Å². The number of aliphatic hydroxyl groups excluding tert-OH is 1. The molecule has 0 amide bonds. The average Bonchev–Trinajstić information content (AvgIpc) is 2.28. The van der Waals surface area contributed by atoms with Crippen molar-refractivity contribution in [2.75, 3.05) is 20.3 Å². The number of methoxy groups -OCH3 is 1. The number of rotatable bonds is 6. The highest BCUT2D eigenvalue weighted by Gasteiger charge is 2.17. The smallest absolute Gasteiger partial charge is 0.0491 e. The summed E-state index contributed by atoms with van der Waals surface area (Å²) < 4.78 is 5.14. The predicted octanol–water partition coefficient (Wildman–Crippen LogP) is 2.43. The molecule has 90 valence electrons. The van der Waals surface area contributed by atoms with E-state index in [9.17, 15) is 5.11 Å². The Morgan fingerprint density at radius 1 is 1.31 bits per heavy atom. The monoisotopic (exact) mass is 222 g/mol. The lowest BCUT2D eigenvalue weighted by Crippen LogP contribution is -2.22. The Labute approximate surface area is 98.3 Å². The van der Waals surface area contributed by atoms with Crippen LogP contribution < -0.4 is 0 Å². The Kier molecular flexibility index (Phi) is 5.50. The first kappa shape index (κ1) is 13.2. The highest BCUT2D eigenvalue weighted by molar-refractivity contribution is 5.26. The molecule has 0 radical (unpaired) electrons. The molecule has 0 bridgehead atoms. The first-order chi connectivity index (χ1) is 7.69. The Balaban J connectivity index is 2.66. The van der Waals surface area contributed by atoms with Gasteiger partial charge in [-0.1, -0.05) is 31.2 Å². The molecule has 2 heteroatoms. The van der Waals surface area contributed by atoms with Crippen LogP contribution in [0.25, 0.3) is 0 Å². The van der Waals surface area contributed by atoms with E-state index < -0.39 is 0 Å². The van der Waals surface area contributed by atoms with Crippen LogP contribution in [0.4, 0.5) is 0 Å². The summed E-state index contributed by atoms with van der Waals surface area (Å²) in [5, 5.41) is 9.42. The lowest BCUT2D eigenvalue weighted by Gasteiger charge is -2.22. The van der Waals surface area contributed by atoms with Crippen molar-refractivity contribution in [1.82, 2.24) is 0 Å². The van der Waals surface area contributed by atoms with Crippen molar-refractivity contribution in [3.63, 3.8) is 0 Å². The molecule has 0 aliphatic rings. The minimum atomic E-state index is 0.221. The molecular formula is C14H22O2. The third kappa shape index (κ3) is 3.62. The summed E-state index contributed by atoms with van der Waals surface area (Å²) in [4.78, 5) is 0. The Morgan fingerprint density at radius 3 is 2.56 bits per heavy atom. The zero-order valence-electron chi connectivity index (χ0n) is 10.4. The first-order valence-corrected chi connectivity index (χ1v) is 5.83. The molecule has 16 heavy (non-hydrogen) atoms. The molecule has 1 aromatic carbocycles. The molecule has 0 saturated heterocycles. The van der Waals surface area contributed by atoms with E-state index in [1.54, 1.807) is 7.11 Å². The summed E-state index contributed by atoms with van der Waals surface area (Å²) in [6, 6.07) is 8.35. The number of aryl methyl sites for hydroxylation is 1. The van der Waals surface area contributed by atoms with Crippen LogP contribution in [0.3, 0.4) is 0 Å². The molecule has 0 aliphatic heterocycles. The number of hydrogen-bond acceptors (Lipinski definition) is 2. The summed E-state index contributed by atoms with van der Waals surface area (Å²) in [6.45, 7) is 5.17. The van der Waals surface area contributed by atoms with Crippen molar-refractivity contribution >= 4 is 0 Å². The van der Waals surface area contributed by atoms with E-state index in [1.165, 1.54) is 11.1 Å². The average molecular weight is 222 g/mol. The fraction of sp³-hybridized carbons (Fsp3) is 0.571. The van der Waals surface area contributed by atoms with Gasteiger partial charge in [0.2, 0.25) is 0 Å². The summed E-state index contributed by atoms with van der Waals surface area (Å²) in [7, 11) is 1.71. The highest BCUT2D eigenvalue weighted by atomic mass is 16.5. The van der Waals surface area contributed by atoms with Crippen molar-refractivity contribution in [2.24, 2.45) is 11.8 Å². The van der Waals surface area contributed by atoms with Gasteiger partial charge in [0.25, 0.3) is 0 Å². The maximum Gasteiger partial charge on any atom is 0.0491 e. The number of hydrogen-bond donors (Lipinski definition) is 1. The van der Waals surface area contributed by atoms with Crippen LogP contribution in [0.1, 0.15) is 18.1 Å². The van der Waals surface area contributed by atoms with Crippen molar-refractivity contribution in [2.45, 2.75) is 20.3 Å². The van der Waals surface area contributed by atoms with Crippen molar-refractivity contribution < 1.29 is 9.84 Å². The first-order valence-electron chi connectivity index (χ1n) is 5.83. The molecule has 1 aromatic rings. The Morgan fingerprint density at radius 2 is 2.00 bits per heavy atom. The second-order valence-corrected chi connectivity index (χ2v) is 4.51. The van der Waals surface area contributed by atoms with Crippen LogP contribution in [-0.4, -0.2) is 25.4 Å². The van der Waals surface area contributed by atoms with Gasteiger partial charge in [-0.15, -0.1) is 0 Å². The molecule has 0 saturated carbocycles. The highest BCUT2D eigenvalue weighted by Crippen LogP contribution is 2.19. The van der Waals surface area contributed by atoms with Gasteiger partial charge in [0.05, 0.1) is 0 Å². The minimum Gasteiger partial charge on any atom is -0.396 e. The van der Waals surface area contributed by atoms with Crippen LogP contribution >= 0.6 is 0 Å². The molecule has 0 aliphatic carbocycles. The van der Waals surface area contributed by atoms with Crippen LogP contribution in [0.15, 0.2) is 24.3 Å². The third-order valence-electron chi connectivity index (χ3n) is 3.21. The van der Waals surface area contributed by atoms with Gasteiger partial charge in [0.15, 0.2) is 0 Å². The van der Waals surface area contributed by atoms with Crippen molar-refractivity contribution in [3.05, 3.63) is 35.4 Å². The van der Waals surface area contributed by atoms with E-state index in [1.807, 2.05) is 6.07 Å². The van der Waals surface area contributed by atoms with E-state index in [0.29, 0.717) is 12.5 Å². The zero-order chi connectivity index (χ0) is 12.0. The second kappa shape index (κ2) is 6.66. The van der Waals surface area contributed by atoms with E-state index in [-0.39, 0.29) is 12.5 Å². The van der Waals surface area contributed by atoms with E-state index in [2.05, 4.69) is 32.0 Å². The van der Waals surface area contributed by atoms with Gasteiger partial charge in [-0.2, -0.15) is 0 Å². The summed E-state index contributed by atoms with van der Waals surface area (Å²) in [5.74, 6) is 0.663. The number of benzene rings is 1. The lowest BCUT2D eigenvalue weighted by molar-refractivity contribution is 0.0983. The largest absolute Gasteiger partial charge is 0.396 e. The van der Waals surface area contributed by atoms with Crippen LogP contribution in [0, 0.1) is 18.8 Å². The second-order valence-electron chi connectivity index (χ2n) is 4.51. The topological polar surface area (TPSA) is 29.5 Å². The van der Waals surface area contributed by atoms with Crippen molar-refractivity contribution in [1.29, 1.82) is 0 Å². The Hall–Kier alpha value is -0.860. The fourth-order valence-corrected chi connectivity index (χ4v) is 1.97.